The molecule has 0 fully saturated rings. The van der Waals surface area contributed by atoms with Gasteiger partial charge in [0.2, 0.25) is 11.8 Å². The molecule has 0 saturated heterocycles. The van der Waals surface area contributed by atoms with Crippen LogP contribution in [0, 0.1) is 0 Å². The molecule has 0 bridgehead atoms. The Balaban J connectivity index is 2.13. The van der Waals surface area contributed by atoms with Crippen LogP contribution in [0.3, 0.4) is 0 Å². The number of para-hydroxylation sites is 1. The molecule has 31 heavy (non-hydrogen) atoms. The minimum absolute atomic E-state index is 0.0718. The third-order valence-corrected chi connectivity index (χ3v) is 4.73. The molecule has 0 aliphatic heterocycles. The van der Waals surface area contributed by atoms with E-state index in [0.29, 0.717) is 6.42 Å². The number of carboxylic acid groups (broad SMARTS) is 1. The number of nitrogens with one attached hydrogen (secondary N) is 4. The molecule has 0 radical (unpaired) electrons. The molecule has 2 rings (SSSR count). The largest absolute Gasteiger partial charge is 0.480 e. The van der Waals surface area contributed by atoms with Crippen molar-refractivity contribution < 1.29 is 24.3 Å². The van der Waals surface area contributed by atoms with Gasteiger partial charge in [-0.15, -0.1) is 0 Å². The van der Waals surface area contributed by atoms with Gasteiger partial charge in [-0.2, -0.15) is 0 Å². The zero-order valence-corrected chi connectivity index (χ0v) is 17.2. The maximum Gasteiger partial charge on any atom is 0.326 e. The Hall–Kier alpha value is -3.60. The maximum atomic E-state index is 12.9. The van der Waals surface area contributed by atoms with Crippen LogP contribution < -0.4 is 27.4 Å². The highest BCUT2D eigenvalue weighted by atomic mass is 16.4. The van der Waals surface area contributed by atoms with Crippen molar-refractivity contribution in [2.45, 2.75) is 44.3 Å². The average molecular weight is 432 g/mol. The lowest BCUT2D eigenvalue weighted by atomic mass is 10.0. The molecule has 11 heteroatoms. The Morgan fingerprint density at radius 3 is 2.42 bits per heavy atom. The number of amides is 4. The van der Waals surface area contributed by atoms with Gasteiger partial charge in [0.15, 0.2) is 0 Å². The van der Waals surface area contributed by atoms with Gasteiger partial charge in [-0.1, -0.05) is 18.2 Å². The second kappa shape index (κ2) is 11.0. The van der Waals surface area contributed by atoms with Crippen LogP contribution >= 0.6 is 0 Å². The van der Waals surface area contributed by atoms with Crippen LogP contribution in [0.4, 0.5) is 4.79 Å². The minimum atomic E-state index is -1.23. The lowest BCUT2D eigenvalue weighted by Gasteiger charge is -2.22. The van der Waals surface area contributed by atoms with E-state index in [1.807, 2.05) is 24.3 Å². The summed E-state index contributed by atoms with van der Waals surface area (Å²) in [6, 6.07) is 3.72. The van der Waals surface area contributed by atoms with Crippen LogP contribution in [0.15, 0.2) is 30.5 Å². The second-order valence-corrected chi connectivity index (χ2v) is 7.25. The third-order valence-electron chi connectivity index (χ3n) is 4.73. The first-order chi connectivity index (χ1) is 14.7. The fourth-order valence-corrected chi connectivity index (χ4v) is 3.08. The van der Waals surface area contributed by atoms with E-state index in [9.17, 15) is 24.3 Å². The number of H-pyrrole nitrogens is 1. The molecule has 11 nitrogen and oxygen atoms in total. The van der Waals surface area contributed by atoms with Crippen LogP contribution in [-0.2, 0) is 20.8 Å². The van der Waals surface area contributed by atoms with E-state index in [1.54, 1.807) is 6.20 Å². The second-order valence-electron chi connectivity index (χ2n) is 7.25. The van der Waals surface area contributed by atoms with Gasteiger partial charge < -0.3 is 37.5 Å². The van der Waals surface area contributed by atoms with Crippen molar-refractivity contribution in [3.05, 3.63) is 36.0 Å². The molecule has 168 valence electrons. The number of hydrogen-bond donors (Lipinski definition) is 7. The van der Waals surface area contributed by atoms with Gasteiger partial charge in [-0.3, -0.25) is 9.59 Å². The van der Waals surface area contributed by atoms with Gasteiger partial charge in [0.25, 0.3) is 0 Å². The number of aromatic nitrogens is 1. The molecule has 0 aliphatic rings. The number of carbonyl (C=O) groups excluding carboxylic acids is 3. The predicted molar refractivity (Wildman–Crippen MR) is 114 cm³/mol. The normalized spacial score (nSPS) is 13.7. The molecular formula is C20H28N6O5. The maximum absolute atomic E-state index is 12.9. The van der Waals surface area contributed by atoms with E-state index >= 15 is 0 Å². The van der Waals surface area contributed by atoms with Crippen LogP contribution in [-0.4, -0.2) is 58.6 Å². The van der Waals surface area contributed by atoms with E-state index in [-0.39, 0.29) is 19.4 Å². The number of carboxylic acids is 1. The number of hydrogen-bond acceptors (Lipinski definition) is 5. The van der Waals surface area contributed by atoms with Crippen molar-refractivity contribution >= 4 is 34.7 Å². The number of aliphatic carboxylic acids is 1. The summed E-state index contributed by atoms with van der Waals surface area (Å²) in [4.78, 5) is 50.4. The number of aromatic amines is 1. The summed E-state index contributed by atoms with van der Waals surface area (Å²) in [6.45, 7) is 1.66. The molecule has 3 atom stereocenters. The molecule has 1 heterocycles. The van der Waals surface area contributed by atoms with Gasteiger partial charge in [-0.05, 0) is 31.4 Å². The first-order valence-electron chi connectivity index (χ1n) is 9.86. The van der Waals surface area contributed by atoms with Crippen molar-refractivity contribution in [3.8, 4) is 0 Å². The number of fused-ring (bicyclic) bond motifs is 1. The Morgan fingerprint density at radius 2 is 1.77 bits per heavy atom. The van der Waals surface area contributed by atoms with Gasteiger partial charge in [-0.25, -0.2) is 9.59 Å². The van der Waals surface area contributed by atoms with Gasteiger partial charge in [0.1, 0.15) is 12.1 Å². The monoisotopic (exact) mass is 432 g/mol. The molecule has 0 unspecified atom stereocenters. The number of rotatable bonds is 11. The average Bonchev–Trinajstić information content (AvgIpc) is 3.12. The van der Waals surface area contributed by atoms with Crippen molar-refractivity contribution in [2.24, 2.45) is 11.5 Å². The summed E-state index contributed by atoms with van der Waals surface area (Å²) < 4.78 is 0. The SMILES string of the molecule is C[C@@H](N)C(=O)N[C@@H](Cc1c[nH]c2ccccc12)C(=O)N[C@@H](CCCNC(N)=O)C(=O)O. The highest BCUT2D eigenvalue weighted by Crippen LogP contribution is 2.19. The van der Waals surface area contributed by atoms with Crippen molar-refractivity contribution in [3.63, 3.8) is 0 Å². The van der Waals surface area contributed by atoms with Gasteiger partial charge in [0.05, 0.1) is 6.04 Å². The minimum Gasteiger partial charge on any atom is -0.480 e. The van der Waals surface area contributed by atoms with Crippen molar-refractivity contribution in [2.75, 3.05) is 6.54 Å². The molecule has 9 N–H and O–H groups in total. The summed E-state index contributed by atoms with van der Waals surface area (Å²) in [6.07, 6.45) is 2.25. The molecule has 4 amide bonds. The lowest BCUT2D eigenvalue weighted by Crippen LogP contribution is -2.54. The Labute approximate surface area is 178 Å². The lowest BCUT2D eigenvalue weighted by molar-refractivity contribution is -0.142. The van der Waals surface area contributed by atoms with Crippen LogP contribution in [0.2, 0.25) is 0 Å². The number of nitrogens with two attached hydrogens (primary N) is 2. The van der Waals surface area contributed by atoms with Gasteiger partial charge >= 0.3 is 12.0 Å². The fraction of sp³-hybridized carbons (Fsp3) is 0.400. The van der Waals surface area contributed by atoms with Crippen LogP contribution in [0.5, 0.6) is 0 Å². The summed E-state index contributed by atoms with van der Waals surface area (Å²) >= 11 is 0. The zero-order valence-electron chi connectivity index (χ0n) is 17.2. The van der Waals surface area contributed by atoms with Crippen molar-refractivity contribution in [1.29, 1.82) is 0 Å². The van der Waals surface area contributed by atoms with Crippen LogP contribution in [0.25, 0.3) is 10.9 Å². The molecule has 1 aromatic heterocycles. The number of carbonyl (C=O) groups is 4. The van der Waals surface area contributed by atoms with E-state index in [1.165, 1.54) is 6.92 Å². The molecular weight excluding hydrogens is 404 g/mol. The summed E-state index contributed by atoms with van der Waals surface area (Å²) in [7, 11) is 0. The number of benzene rings is 1. The molecule has 0 saturated carbocycles. The Morgan fingerprint density at radius 1 is 1.10 bits per heavy atom. The molecule has 0 spiro atoms. The topological polar surface area (TPSA) is 192 Å². The quantitative estimate of drug-likeness (QED) is 0.235. The van der Waals surface area contributed by atoms with Gasteiger partial charge in [0, 0.05) is 30.1 Å². The Bertz CT molecular complexity index is 941. The molecule has 2 aromatic rings. The fourth-order valence-electron chi connectivity index (χ4n) is 3.08. The summed E-state index contributed by atoms with van der Waals surface area (Å²) in [5.74, 6) is -2.40. The predicted octanol–water partition coefficient (Wildman–Crippen LogP) is -0.440. The van der Waals surface area contributed by atoms with Crippen LogP contribution in [0.1, 0.15) is 25.3 Å². The smallest absolute Gasteiger partial charge is 0.326 e. The summed E-state index contributed by atoms with van der Waals surface area (Å²) in [5.41, 5.74) is 12.3. The van der Waals surface area contributed by atoms with E-state index < -0.39 is 41.9 Å². The first-order valence-corrected chi connectivity index (χ1v) is 9.86. The van der Waals surface area contributed by atoms with E-state index in [0.717, 1.165) is 16.5 Å². The highest BCUT2D eigenvalue weighted by molar-refractivity contribution is 5.92. The van der Waals surface area contributed by atoms with E-state index in [4.69, 9.17) is 11.5 Å². The summed E-state index contributed by atoms with van der Waals surface area (Å²) in [5, 5.41) is 17.7. The van der Waals surface area contributed by atoms with E-state index in [2.05, 4.69) is 20.9 Å². The molecule has 0 aliphatic carbocycles. The first kappa shape index (κ1) is 23.7. The highest BCUT2D eigenvalue weighted by Gasteiger charge is 2.28. The zero-order chi connectivity index (χ0) is 23.0. The third kappa shape index (κ3) is 7.00. The van der Waals surface area contributed by atoms with Crippen molar-refractivity contribution in [1.82, 2.24) is 20.9 Å². The number of primary amides is 1. The standard InChI is InChI=1S/C20H28N6O5/c1-11(21)17(27)26-16(9-12-10-24-14-6-3-2-5-13(12)14)18(28)25-15(19(29)30)7-4-8-23-20(22)31/h2-3,5-6,10-11,15-16,24H,4,7-9,21H2,1H3,(H,25,28)(H,26,27)(H,29,30)(H3,22,23,31)/t11-,15+,16+/m1/s1. The number of urea groups is 1. The molecule has 1 aromatic carbocycles. The Kier molecular flexibility index (Phi) is 8.38.